The molecule has 3 N–H and O–H groups in total. The molecule has 4 heterocycles. The summed E-state index contributed by atoms with van der Waals surface area (Å²) < 4.78 is 0. The number of urea groups is 2. The number of carbonyl (C=O) groups is 4. The van der Waals surface area contributed by atoms with Crippen LogP contribution in [0.15, 0.2) is 0 Å². The van der Waals surface area contributed by atoms with E-state index in [-0.39, 0.29) is 53.5 Å². The van der Waals surface area contributed by atoms with Crippen molar-refractivity contribution in [3.63, 3.8) is 0 Å². The van der Waals surface area contributed by atoms with Gasteiger partial charge in [-0.2, -0.15) is 0 Å². The lowest BCUT2D eigenvalue weighted by Gasteiger charge is -2.56. The van der Waals surface area contributed by atoms with Crippen LogP contribution in [-0.2, 0) is 9.59 Å². The van der Waals surface area contributed by atoms with Gasteiger partial charge in [0.25, 0.3) is 11.8 Å². The van der Waals surface area contributed by atoms with E-state index in [0.717, 1.165) is 4.90 Å². The first-order valence-electron chi connectivity index (χ1n) is 14.0. The number of imide groups is 2. The highest BCUT2D eigenvalue weighted by molar-refractivity contribution is 6.08. The summed E-state index contributed by atoms with van der Waals surface area (Å²) in [4.78, 5) is 59.8. The third kappa shape index (κ3) is 4.74. The van der Waals surface area contributed by atoms with Crippen molar-refractivity contribution >= 4 is 23.9 Å². The molecule has 2 spiro atoms. The summed E-state index contributed by atoms with van der Waals surface area (Å²) in [5.74, 6) is -0.607. The molecule has 11 nitrogen and oxygen atoms in total. The van der Waals surface area contributed by atoms with Gasteiger partial charge in [-0.15, -0.1) is 0 Å². The molecule has 11 heteroatoms. The second-order valence-corrected chi connectivity index (χ2v) is 14.9. The van der Waals surface area contributed by atoms with Gasteiger partial charge >= 0.3 is 12.1 Å². The highest BCUT2D eigenvalue weighted by Crippen LogP contribution is 2.46. The first-order chi connectivity index (χ1) is 17.6. The molecule has 4 aliphatic rings. The predicted molar refractivity (Wildman–Crippen MR) is 147 cm³/mol. The van der Waals surface area contributed by atoms with E-state index in [9.17, 15) is 24.3 Å². The third-order valence-electron chi connectivity index (χ3n) is 10.1. The Morgan fingerprint density at radius 2 is 1.00 bits per heavy atom. The van der Waals surface area contributed by atoms with Crippen LogP contribution in [-0.4, -0.2) is 115 Å². The number of nitrogens with one attached hydrogen (secondary N) is 2. The highest BCUT2D eigenvalue weighted by Gasteiger charge is 2.62. The number of rotatable bonds is 5. The van der Waals surface area contributed by atoms with Crippen molar-refractivity contribution in [3.8, 4) is 0 Å². The van der Waals surface area contributed by atoms with Crippen LogP contribution in [0, 0.1) is 0 Å². The number of carbonyl (C=O) groups excluding carboxylic acids is 4. The Bertz CT molecular complexity index is 1050. The Morgan fingerprint density at radius 1 is 0.667 bits per heavy atom. The fourth-order valence-electron chi connectivity index (χ4n) is 7.97. The van der Waals surface area contributed by atoms with Gasteiger partial charge in [0.15, 0.2) is 0 Å². The summed E-state index contributed by atoms with van der Waals surface area (Å²) in [5.41, 5.74) is -3.28. The smallest absolute Gasteiger partial charge is 0.325 e. The molecular weight excluding hydrogens is 500 g/mol. The SMILES string of the molecule is CN1C(C)(C)CC2(CC1(C)C)NC(=O)N(CCC(O)CN1C(=O)NC3(CC(C)(C)N(C)C(C)(C)C3)C1=O)C2=O. The van der Waals surface area contributed by atoms with E-state index >= 15 is 0 Å². The topological polar surface area (TPSA) is 126 Å². The van der Waals surface area contributed by atoms with Crippen LogP contribution in [0.1, 0.15) is 87.5 Å². The van der Waals surface area contributed by atoms with Crippen LogP contribution in [0.3, 0.4) is 0 Å². The Balaban J connectivity index is 1.42. The number of hydrogen-bond acceptors (Lipinski definition) is 7. The maximum absolute atomic E-state index is 13.6. The van der Waals surface area contributed by atoms with Crippen LogP contribution in [0.5, 0.6) is 0 Å². The van der Waals surface area contributed by atoms with E-state index in [1.165, 1.54) is 4.90 Å². The second-order valence-electron chi connectivity index (χ2n) is 14.9. The molecule has 39 heavy (non-hydrogen) atoms. The number of nitrogens with zero attached hydrogens (tertiary/aromatic N) is 4. The van der Waals surface area contributed by atoms with Gasteiger partial charge in [-0.1, -0.05) is 0 Å². The minimum absolute atomic E-state index is 0.00390. The third-order valence-corrected chi connectivity index (χ3v) is 10.1. The molecule has 0 aromatic rings. The number of aliphatic hydroxyl groups excluding tert-OH is 1. The number of amides is 6. The summed E-state index contributed by atoms with van der Waals surface area (Å²) in [6.45, 7) is 16.3. The number of likely N-dealkylation sites (tertiary alicyclic amines) is 2. The average Bonchev–Trinajstić information content (AvgIpc) is 3.11. The van der Waals surface area contributed by atoms with Gasteiger partial charge in [-0.05, 0) is 102 Å². The van der Waals surface area contributed by atoms with E-state index in [2.05, 4.69) is 75.8 Å². The van der Waals surface area contributed by atoms with E-state index in [0.29, 0.717) is 25.7 Å². The normalized spacial score (nSPS) is 29.7. The molecule has 4 saturated heterocycles. The maximum Gasteiger partial charge on any atom is 0.325 e. The van der Waals surface area contributed by atoms with Crippen molar-refractivity contribution in [1.82, 2.24) is 30.2 Å². The molecule has 1 atom stereocenters. The van der Waals surface area contributed by atoms with Crippen LogP contribution in [0.2, 0.25) is 0 Å². The minimum Gasteiger partial charge on any atom is -0.391 e. The van der Waals surface area contributed by atoms with Crippen LogP contribution in [0.4, 0.5) is 9.59 Å². The van der Waals surface area contributed by atoms with Gasteiger partial charge in [0.1, 0.15) is 11.1 Å². The van der Waals surface area contributed by atoms with Crippen molar-refractivity contribution in [3.05, 3.63) is 0 Å². The molecule has 0 aliphatic carbocycles. The average molecular weight is 549 g/mol. The Morgan fingerprint density at radius 3 is 1.38 bits per heavy atom. The molecular formula is C28H48N6O5. The molecule has 0 bridgehead atoms. The van der Waals surface area contributed by atoms with Gasteiger partial charge in [-0.25, -0.2) is 9.59 Å². The minimum atomic E-state index is -1.08. The first kappa shape index (κ1) is 29.7. The standard InChI is InChI=1S/C28H48N6O5/c1-23(2)14-27(15-24(3,4)31(23)9)19(36)33(21(38)29-27)12-11-18(35)13-34-20(37)28(30-22(34)39)16-25(5,6)32(10)26(7,8)17-28/h18,35H,11-17H2,1-10H3,(H,29,38)(H,30,39). The van der Waals surface area contributed by atoms with E-state index in [1.807, 2.05) is 14.1 Å². The van der Waals surface area contributed by atoms with Crippen molar-refractivity contribution in [2.24, 2.45) is 0 Å². The second kappa shape index (κ2) is 8.88. The van der Waals surface area contributed by atoms with Gasteiger partial charge < -0.3 is 15.7 Å². The zero-order chi connectivity index (χ0) is 29.6. The Hall–Kier alpha value is -2.24. The molecule has 0 aromatic heterocycles. The monoisotopic (exact) mass is 548 g/mol. The number of aliphatic hydroxyl groups is 1. The summed E-state index contributed by atoms with van der Waals surface area (Å²) in [5, 5.41) is 16.8. The molecule has 220 valence electrons. The summed E-state index contributed by atoms with van der Waals surface area (Å²) in [7, 11) is 4.07. The fraction of sp³-hybridized carbons (Fsp3) is 0.857. The Kier molecular flexibility index (Phi) is 6.77. The molecule has 4 rings (SSSR count). The number of hydrogen-bond donors (Lipinski definition) is 3. The maximum atomic E-state index is 13.6. The zero-order valence-electron chi connectivity index (χ0n) is 25.4. The molecule has 0 radical (unpaired) electrons. The fourth-order valence-corrected chi connectivity index (χ4v) is 7.97. The summed E-state index contributed by atoms with van der Waals surface area (Å²) >= 11 is 0. The van der Waals surface area contributed by atoms with Crippen molar-refractivity contribution in [1.29, 1.82) is 0 Å². The number of piperidine rings is 2. The zero-order valence-corrected chi connectivity index (χ0v) is 25.4. The van der Waals surface area contributed by atoms with Crippen molar-refractivity contribution < 1.29 is 24.3 Å². The molecule has 4 aliphatic heterocycles. The van der Waals surface area contributed by atoms with E-state index in [1.54, 1.807) is 0 Å². The quantitative estimate of drug-likeness (QED) is 0.448. The predicted octanol–water partition coefficient (Wildman–Crippen LogP) is 1.88. The summed E-state index contributed by atoms with van der Waals surface area (Å²) in [6, 6.07) is -0.979. The molecule has 6 amide bonds. The van der Waals surface area contributed by atoms with Gasteiger partial charge in [0, 0.05) is 28.7 Å². The van der Waals surface area contributed by atoms with Crippen LogP contribution in [0.25, 0.3) is 0 Å². The van der Waals surface area contributed by atoms with E-state index in [4.69, 9.17) is 0 Å². The van der Waals surface area contributed by atoms with Gasteiger partial charge in [0.05, 0.1) is 12.6 Å². The highest BCUT2D eigenvalue weighted by atomic mass is 16.3. The van der Waals surface area contributed by atoms with Gasteiger partial charge in [-0.3, -0.25) is 29.2 Å². The molecule has 0 aromatic carbocycles. The largest absolute Gasteiger partial charge is 0.391 e. The lowest BCUT2D eigenvalue weighted by Crippen LogP contribution is -2.68. The molecule has 1 unspecified atom stereocenters. The van der Waals surface area contributed by atoms with Gasteiger partial charge in [0.2, 0.25) is 0 Å². The summed E-state index contributed by atoms with van der Waals surface area (Å²) in [6.07, 6.45) is 0.870. The lowest BCUT2D eigenvalue weighted by molar-refractivity contribution is -0.141. The molecule has 0 saturated carbocycles. The van der Waals surface area contributed by atoms with Crippen LogP contribution >= 0.6 is 0 Å². The van der Waals surface area contributed by atoms with Crippen LogP contribution < -0.4 is 10.6 Å². The Labute approximate surface area is 232 Å². The number of β-amino-alcohol motifs (C(OH)–C–C–N with tert-alkyl or cyclic N) is 1. The first-order valence-corrected chi connectivity index (χ1v) is 14.0. The van der Waals surface area contributed by atoms with E-state index < -0.39 is 29.2 Å². The lowest BCUT2D eigenvalue weighted by atomic mass is 9.69. The molecule has 4 fully saturated rings. The van der Waals surface area contributed by atoms with Crippen molar-refractivity contribution in [2.75, 3.05) is 27.2 Å². The van der Waals surface area contributed by atoms with Crippen molar-refractivity contribution in [2.45, 2.75) is 127 Å².